The van der Waals surface area contributed by atoms with Crippen molar-refractivity contribution in [2.45, 2.75) is 64.6 Å². The Morgan fingerprint density at radius 1 is 1.10 bits per heavy atom. The molecule has 1 N–H and O–H groups in total. The quantitative estimate of drug-likeness (QED) is 0.425. The molecule has 4 amide bonds. The fraction of sp³-hybridized carbons (Fsp3) is 0.500. The Balaban J connectivity index is 1.28. The minimum Gasteiger partial charge on any atom is -0.427 e. The van der Waals surface area contributed by atoms with Gasteiger partial charge in [-0.2, -0.15) is 0 Å². The van der Waals surface area contributed by atoms with Crippen LogP contribution in [0.1, 0.15) is 67.1 Å². The molecule has 1 aliphatic heterocycles. The van der Waals surface area contributed by atoms with Crippen molar-refractivity contribution in [3.8, 4) is 0 Å². The van der Waals surface area contributed by atoms with Gasteiger partial charge in [-0.25, -0.2) is 9.69 Å². The zero-order valence-electron chi connectivity index (χ0n) is 24.2. The number of hydrogen-bond donors (Lipinski definition) is 1. The third-order valence-corrected chi connectivity index (χ3v) is 8.83. The summed E-state index contributed by atoms with van der Waals surface area (Å²) in [5.41, 5.74) is 1.46. The second-order valence-electron chi connectivity index (χ2n) is 11.3. The van der Waals surface area contributed by atoms with Gasteiger partial charge in [0.1, 0.15) is 6.54 Å². The van der Waals surface area contributed by atoms with Gasteiger partial charge in [0.2, 0.25) is 11.5 Å². The number of carbonyl (C=O) groups excluding carboxylic acids is 4. The number of hydrogen-bond acceptors (Lipinski definition) is 6. The predicted octanol–water partition coefficient (Wildman–Crippen LogP) is 3.71. The van der Waals surface area contributed by atoms with Gasteiger partial charge < -0.3 is 19.9 Å². The summed E-state index contributed by atoms with van der Waals surface area (Å²) < 4.78 is 5.76. The van der Waals surface area contributed by atoms with Crippen LogP contribution in [0, 0.1) is 5.92 Å². The Kier molecular flexibility index (Phi) is 8.45. The standard InChI is InChI=1S/C32H40N4O5/c1-4-34(5-2)18-17-33-29(38)26-13-14-27-25(19-26)15-16-32(27)30(39)36(31(40)41-32)21-28(37)35(22(3)24-11-12-24)20-23-9-7-6-8-10-23/h6-10,13-14,19,22,24H,4-5,11-12,15-18,20-21H2,1-3H3,(H,33,38)/t22?,32-/m1/s1. The van der Waals surface area contributed by atoms with E-state index in [1.54, 1.807) is 23.1 Å². The van der Waals surface area contributed by atoms with E-state index in [-0.39, 0.29) is 30.8 Å². The molecule has 9 heteroatoms. The zero-order valence-corrected chi connectivity index (χ0v) is 24.2. The fourth-order valence-electron chi connectivity index (χ4n) is 6.06. The van der Waals surface area contributed by atoms with Crippen molar-refractivity contribution >= 4 is 23.8 Å². The highest BCUT2D eigenvalue weighted by Crippen LogP contribution is 2.45. The van der Waals surface area contributed by atoms with Crippen molar-refractivity contribution in [3.63, 3.8) is 0 Å². The summed E-state index contributed by atoms with van der Waals surface area (Å²) in [6, 6.07) is 14.9. The number of amides is 4. The molecular weight excluding hydrogens is 520 g/mol. The first-order valence-corrected chi connectivity index (χ1v) is 14.8. The summed E-state index contributed by atoms with van der Waals surface area (Å²) in [5.74, 6) is -0.526. The van der Waals surface area contributed by atoms with E-state index in [4.69, 9.17) is 4.74 Å². The summed E-state index contributed by atoms with van der Waals surface area (Å²) in [7, 11) is 0. The normalized spacial score (nSPS) is 20.3. The van der Waals surface area contributed by atoms with Crippen LogP contribution in [0.15, 0.2) is 48.5 Å². The lowest BCUT2D eigenvalue weighted by atomic mass is 9.94. The summed E-state index contributed by atoms with van der Waals surface area (Å²) >= 11 is 0. The van der Waals surface area contributed by atoms with Crippen LogP contribution in [-0.2, 0) is 32.9 Å². The van der Waals surface area contributed by atoms with E-state index < -0.39 is 17.6 Å². The number of nitrogens with zero attached hydrogens (tertiary/aromatic N) is 3. The lowest BCUT2D eigenvalue weighted by Gasteiger charge is -2.30. The Morgan fingerprint density at radius 3 is 2.51 bits per heavy atom. The van der Waals surface area contributed by atoms with Crippen LogP contribution >= 0.6 is 0 Å². The molecule has 3 aliphatic rings. The van der Waals surface area contributed by atoms with Crippen LogP contribution in [0.25, 0.3) is 0 Å². The Morgan fingerprint density at radius 2 is 1.83 bits per heavy atom. The molecule has 0 bridgehead atoms. The van der Waals surface area contributed by atoms with Gasteiger partial charge >= 0.3 is 6.09 Å². The Hall–Kier alpha value is -3.72. The summed E-state index contributed by atoms with van der Waals surface area (Å²) in [6.45, 7) is 9.44. The van der Waals surface area contributed by atoms with Gasteiger partial charge in [-0.05, 0) is 68.5 Å². The van der Waals surface area contributed by atoms with E-state index in [1.807, 2.05) is 37.3 Å². The Bertz CT molecular complexity index is 1310. The molecule has 5 rings (SSSR count). The van der Waals surface area contributed by atoms with Crippen LogP contribution in [0.3, 0.4) is 0 Å². The molecule has 1 heterocycles. The highest BCUT2D eigenvalue weighted by molar-refractivity contribution is 6.06. The van der Waals surface area contributed by atoms with Crippen molar-refractivity contribution < 1.29 is 23.9 Å². The van der Waals surface area contributed by atoms with Crippen LogP contribution in [0.4, 0.5) is 4.79 Å². The number of nitrogens with one attached hydrogen (secondary N) is 1. The molecular formula is C32H40N4O5. The van der Waals surface area contributed by atoms with E-state index in [0.29, 0.717) is 36.6 Å². The van der Waals surface area contributed by atoms with Gasteiger partial charge in [-0.1, -0.05) is 50.2 Å². The molecule has 2 aliphatic carbocycles. The average Bonchev–Trinajstić information content (AvgIpc) is 3.74. The molecule has 9 nitrogen and oxygen atoms in total. The van der Waals surface area contributed by atoms with Gasteiger partial charge in [-0.3, -0.25) is 14.4 Å². The molecule has 1 saturated carbocycles. The molecule has 1 unspecified atom stereocenters. The SMILES string of the molecule is CCN(CC)CCNC(=O)c1ccc2c(c1)CC[C@@]21OC(=O)N(CC(=O)N(Cc2ccccc2)C(C)C2CC2)C1=O. The lowest BCUT2D eigenvalue weighted by Crippen LogP contribution is -2.47. The van der Waals surface area contributed by atoms with E-state index in [2.05, 4.69) is 24.1 Å². The summed E-state index contributed by atoms with van der Waals surface area (Å²) in [6.07, 6.45) is 2.13. The lowest BCUT2D eigenvalue weighted by molar-refractivity contribution is -0.143. The number of aryl methyl sites for hydroxylation is 1. The topological polar surface area (TPSA) is 99.3 Å². The molecule has 41 heavy (non-hydrogen) atoms. The van der Waals surface area contributed by atoms with E-state index in [0.717, 1.165) is 48.5 Å². The first-order chi connectivity index (χ1) is 19.8. The molecule has 0 aromatic heterocycles. The van der Waals surface area contributed by atoms with Crippen molar-refractivity contribution in [1.29, 1.82) is 0 Å². The fourth-order valence-corrected chi connectivity index (χ4v) is 6.06. The molecule has 0 radical (unpaired) electrons. The highest BCUT2D eigenvalue weighted by Gasteiger charge is 2.58. The first kappa shape index (κ1) is 28.8. The monoisotopic (exact) mass is 560 g/mol. The zero-order chi connectivity index (χ0) is 29.1. The minimum absolute atomic E-state index is 0.00850. The number of ether oxygens (including phenoxy) is 1. The maximum atomic E-state index is 13.7. The molecule has 218 valence electrons. The van der Waals surface area contributed by atoms with E-state index in [1.165, 1.54) is 0 Å². The largest absolute Gasteiger partial charge is 0.427 e. The van der Waals surface area contributed by atoms with Crippen LogP contribution in [0.2, 0.25) is 0 Å². The maximum Gasteiger partial charge on any atom is 0.418 e. The highest BCUT2D eigenvalue weighted by atomic mass is 16.6. The van der Waals surface area contributed by atoms with E-state index in [9.17, 15) is 19.2 Å². The van der Waals surface area contributed by atoms with Gasteiger partial charge in [0.25, 0.3) is 11.8 Å². The molecule has 1 saturated heterocycles. The molecule has 2 atom stereocenters. The number of likely N-dealkylation sites (N-methyl/N-ethyl adjacent to an activating group) is 1. The summed E-state index contributed by atoms with van der Waals surface area (Å²) in [5, 5.41) is 2.96. The second kappa shape index (κ2) is 12.0. The van der Waals surface area contributed by atoms with Gasteiger partial charge in [0, 0.05) is 43.2 Å². The van der Waals surface area contributed by atoms with Crippen molar-refractivity contribution in [2.24, 2.45) is 5.92 Å². The van der Waals surface area contributed by atoms with E-state index >= 15 is 0 Å². The van der Waals surface area contributed by atoms with Gasteiger partial charge in [-0.15, -0.1) is 0 Å². The van der Waals surface area contributed by atoms with Crippen molar-refractivity contribution in [2.75, 3.05) is 32.7 Å². The third-order valence-electron chi connectivity index (χ3n) is 8.83. The molecule has 1 spiro atoms. The van der Waals surface area contributed by atoms with Gasteiger partial charge in [0.05, 0.1) is 0 Å². The second-order valence-corrected chi connectivity index (χ2v) is 11.3. The van der Waals surface area contributed by atoms with Crippen molar-refractivity contribution in [1.82, 2.24) is 20.0 Å². The van der Waals surface area contributed by atoms with Gasteiger partial charge in [0.15, 0.2) is 0 Å². The molecule has 2 aromatic carbocycles. The first-order valence-electron chi connectivity index (χ1n) is 14.8. The number of fused-ring (bicyclic) bond motifs is 2. The van der Waals surface area contributed by atoms with Crippen LogP contribution < -0.4 is 5.32 Å². The maximum absolute atomic E-state index is 13.7. The average molecular weight is 561 g/mol. The summed E-state index contributed by atoms with van der Waals surface area (Å²) in [4.78, 5) is 58.1. The minimum atomic E-state index is -1.45. The molecule has 2 aromatic rings. The van der Waals surface area contributed by atoms with Crippen LogP contribution in [-0.4, -0.2) is 77.3 Å². The third kappa shape index (κ3) is 5.86. The smallest absolute Gasteiger partial charge is 0.418 e. The Labute approximate surface area is 241 Å². The number of benzene rings is 2. The number of imide groups is 1. The predicted molar refractivity (Wildman–Crippen MR) is 154 cm³/mol. The molecule has 2 fully saturated rings. The number of carbonyl (C=O) groups is 4. The van der Waals surface area contributed by atoms with Crippen LogP contribution in [0.5, 0.6) is 0 Å². The van der Waals surface area contributed by atoms with Crippen molar-refractivity contribution in [3.05, 3.63) is 70.8 Å². The number of rotatable bonds is 12.